The number of pyridine rings is 1. The third kappa shape index (κ3) is 3.56. The molecule has 17 heavy (non-hydrogen) atoms. The molecule has 0 radical (unpaired) electrons. The summed E-state index contributed by atoms with van der Waals surface area (Å²) < 4.78 is 18.6. The summed E-state index contributed by atoms with van der Waals surface area (Å²) in [5, 5.41) is 0. The molecule has 1 aliphatic rings. The number of ether oxygens (including phenoxy) is 1. The number of alkyl halides is 1. The molecule has 2 nitrogen and oxygen atoms in total. The lowest BCUT2D eigenvalue weighted by Crippen LogP contribution is -2.16. The highest BCUT2D eigenvalue weighted by Gasteiger charge is 2.15. The monoisotopic (exact) mass is 257 g/mol. The maximum absolute atomic E-state index is 13.0. The average Bonchev–Trinajstić information content (AvgIpc) is 2.38. The van der Waals surface area contributed by atoms with Crippen molar-refractivity contribution in [1.29, 1.82) is 0 Å². The zero-order chi connectivity index (χ0) is 12.1. The van der Waals surface area contributed by atoms with E-state index in [1.54, 1.807) is 0 Å². The van der Waals surface area contributed by atoms with E-state index in [-0.39, 0.29) is 11.7 Å². The Hall–Kier alpha value is -0.830. The van der Waals surface area contributed by atoms with E-state index in [0.717, 1.165) is 0 Å². The SMILES string of the molecule is Fc1cnc(OCC2CCCCC2)c(CCl)c1. The van der Waals surface area contributed by atoms with Crippen LogP contribution in [0.3, 0.4) is 0 Å². The van der Waals surface area contributed by atoms with Crippen molar-refractivity contribution in [3.05, 3.63) is 23.6 Å². The quantitative estimate of drug-likeness (QED) is 0.763. The minimum atomic E-state index is -0.370. The zero-order valence-electron chi connectivity index (χ0n) is 9.79. The van der Waals surface area contributed by atoms with Gasteiger partial charge in [-0.1, -0.05) is 19.3 Å². The topological polar surface area (TPSA) is 22.1 Å². The largest absolute Gasteiger partial charge is 0.477 e. The van der Waals surface area contributed by atoms with Crippen LogP contribution in [0.2, 0.25) is 0 Å². The first-order valence-electron chi connectivity index (χ1n) is 6.13. The fourth-order valence-electron chi connectivity index (χ4n) is 2.24. The number of hydrogen-bond acceptors (Lipinski definition) is 2. The third-order valence-electron chi connectivity index (χ3n) is 3.22. The molecule has 1 aromatic rings. The second-order valence-corrected chi connectivity index (χ2v) is 4.83. The molecule has 0 spiro atoms. The number of rotatable bonds is 4. The molecule has 0 aliphatic heterocycles. The summed E-state index contributed by atoms with van der Waals surface area (Å²) in [6, 6.07) is 1.39. The molecule has 2 rings (SSSR count). The molecule has 0 saturated heterocycles. The molecule has 0 aromatic carbocycles. The summed E-state index contributed by atoms with van der Waals surface area (Å²) in [5.41, 5.74) is 0.627. The van der Waals surface area contributed by atoms with Crippen LogP contribution in [-0.2, 0) is 5.88 Å². The molecule has 1 aliphatic carbocycles. The fourth-order valence-corrected chi connectivity index (χ4v) is 2.44. The van der Waals surface area contributed by atoms with Crippen LogP contribution in [0.1, 0.15) is 37.7 Å². The van der Waals surface area contributed by atoms with Crippen molar-refractivity contribution in [2.45, 2.75) is 38.0 Å². The highest BCUT2D eigenvalue weighted by Crippen LogP contribution is 2.25. The van der Waals surface area contributed by atoms with Crippen molar-refractivity contribution in [2.24, 2.45) is 5.92 Å². The summed E-state index contributed by atoms with van der Waals surface area (Å²) in [6.07, 6.45) is 7.51. The second kappa shape index (κ2) is 6.20. The Morgan fingerprint density at radius 1 is 1.35 bits per heavy atom. The molecule has 0 unspecified atom stereocenters. The molecule has 94 valence electrons. The van der Waals surface area contributed by atoms with E-state index >= 15 is 0 Å². The predicted molar refractivity (Wildman–Crippen MR) is 65.8 cm³/mol. The van der Waals surface area contributed by atoms with Gasteiger partial charge in [-0.3, -0.25) is 0 Å². The molecule has 0 N–H and O–H groups in total. The number of aromatic nitrogens is 1. The number of nitrogens with zero attached hydrogens (tertiary/aromatic N) is 1. The Bertz CT molecular complexity index is 366. The summed E-state index contributed by atoms with van der Waals surface area (Å²) in [6.45, 7) is 0.669. The normalized spacial score (nSPS) is 17.1. The minimum absolute atomic E-state index is 0.227. The number of hydrogen-bond donors (Lipinski definition) is 0. The van der Waals surface area contributed by atoms with E-state index in [2.05, 4.69) is 4.98 Å². The van der Waals surface area contributed by atoms with Gasteiger partial charge in [0.15, 0.2) is 0 Å². The highest BCUT2D eigenvalue weighted by atomic mass is 35.5. The molecule has 0 amide bonds. The van der Waals surface area contributed by atoms with Crippen LogP contribution >= 0.6 is 11.6 Å². The first-order valence-corrected chi connectivity index (χ1v) is 6.66. The van der Waals surface area contributed by atoms with Crippen molar-refractivity contribution < 1.29 is 9.13 Å². The van der Waals surface area contributed by atoms with Crippen LogP contribution < -0.4 is 4.74 Å². The van der Waals surface area contributed by atoms with Crippen molar-refractivity contribution in [2.75, 3.05) is 6.61 Å². The van der Waals surface area contributed by atoms with Gasteiger partial charge in [-0.25, -0.2) is 9.37 Å². The molecule has 1 saturated carbocycles. The van der Waals surface area contributed by atoms with E-state index in [9.17, 15) is 4.39 Å². The van der Waals surface area contributed by atoms with Crippen LogP contribution in [0.15, 0.2) is 12.3 Å². The Balaban J connectivity index is 1.93. The van der Waals surface area contributed by atoms with Gasteiger partial charge in [-0.05, 0) is 24.8 Å². The standard InChI is InChI=1S/C13H17ClFNO/c14-7-11-6-12(15)8-16-13(11)17-9-10-4-2-1-3-5-10/h6,8,10H,1-5,7,9H2. The summed E-state index contributed by atoms with van der Waals surface area (Å²) in [5.74, 6) is 0.946. The van der Waals surface area contributed by atoms with Crippen molar-refractivity contribution in [3.8, 4) is 5.88 Å². The Morgan fingerprint density at radius 2 is 2.12 bits per heavy atom. The maximum atomic E-state index is 13.0. The molecular weight excluding hydrogens is 241 g/mol. The van der Waals surface area contributed by atoms with E-state index < -0.39 is 0 Å². The second-order valence-electron chi connectivity index (χ2n) is 4.57. The predicted octanol–water partition coefficient (Wildman–Crippen LogP) is 3.92. The lowest BCUT2D eigenvalue weighted by molar-refractivity contribution is 0.201. The molecule has 1 heterocycles. The molecule has 0 bridgehead atoms. The van der Waals surface area contributed by atoms with Crippen LogP contribution in [-0.4, -0.2) is 11.6 Å². The first-order chi connectivity index (χ1) is 8.29. The van der Waals surface area contributed by atoms with Gasteiger partial charge >= 0.3 is 0 Å². The van der Waals surface area contributed by atoms with Gasteiger partial charge in [-0.15, -0.1) is 11.6 Å². The minimum Gasteiger partial charge on any atom is -0.477 e. The Morgan fingerprint density at radius 3 is 2.82 bits per heavy atom. The lowest BCUT2D eigenvalue weighted by Gasteiger charge is -2.21. The molecule has 1 aromatic heterocycles. The highest BCUT2D eigenvalue weighted by molar-refractivity contribution is 6.17. The first kappa shape index (κ1) is 12.6. The van der Waals surface area contributed by atoms with E-state index in [1.165, 1.54) is 44.4 Å². The zero-order valence-corrected chi connectivity index (χ0v) is 10.5. The number of halogens is 2. The van der Waals surface area contributed by atoms with Gasteiger partial charge in [0.1, 0.15) is 5.82 Å². The molecule has 4 heteroatoms. The lowest BCUT2D eigenvalue weighted by atomic mass is 9.90. The average molecular weight is 258 g/mol. The van der Waals surface area contributed by atoms with Gasteiger partial charge in [0.2, 0.25) is 5.88 Å². The fraction of sp³-hybridized carbons (Fsp3) is 0.615. The summed E-state index contributed by atoms with van der Waals surface area (Å²) >= 11 is 5.74. The molecule has 0 atom stereocenters. The van der Waals surface area contributed by atoms with Gasteiger partial charge in [0.25, 0.3) is 0 Å². The molecule has 1 fully saturated rings. The molecular formula is C13H17ClFNO. The van der Waals surface area contributed by atoms with E-state index in [4.69, 9.17) is 16.3 Å². The maximum Gasteiger partial charge on any atom is 0.217 e. The van der Waals surface area contributed by atoms with Gasteiger partial charge < -0.3 is 4.74 Å². The third-order valence-corrected chi connectivity index (χ3v) is 3.50. The van der Waals surface area contributed by atoms with Gasteiger partial charge in [0, 0.05) is 5.56 Å². The summed E-state index contributed by atoms with van der Waals surface area (Å²) in [7, 11) is 0. The smallest absolute Gasteiger partial charge is 0.217 e. The van der Waals surface area contributed by atoms with Crippen molar-refractivity contribution >= 4 is 11.6 Å². The van der Waals surface area contributed by atoms with Crippen LogP contribution in [0.5, 0.6) is 5.88 Å². The van der Waals surface area contributed by atoms with Gasteiger partial charge in [0.05, 0.1) is 18.7 Å². The van der Waals surface area contributed by atoms with Gasteiger partial charge in [-0.2, -0.15) is 0 Å². The Kier molecular flexibility index (Phi) is 4.60. The van der Waals surface area contributed by atoms with Crippen molar-refractivity contribution in [1.82, 2.24) is 4.98 Å². The van der Waals surface area contributed by atoms with E-state index in [1.807, 2.05) is 0 Å². The van der Waals surface area contributed by atoms with Crippen LogP contribution in [0, 0.1) is 11.7 Å². The van der Waals surface area contributed by atoms with Crippen LogP contribution in [0.25, 0.3) is 0 Å². The Labute approximate surface area is 106 Å². The van der Waals surface area contributed by atoms with E-state index in [0.29, 0.717) is 24.0 Å². The summed E-state index contributed by atoms with van der Waals surface area (Å²) in [4.78, 5) is 3.95. The van der Waals surface area contributed by atoms with Crippen molar-refractivity contribution in [3.63, 3.8) is 0 Å². The van der Waals surface area contributed by atoms with Crippen LogP contribution in [0.4, 0.5) is 4.39 Å².